The lowest BCUT2D eigenvalue weighted by Gasteiger charge is -2.38. The Morgan fingerprint density at radius 1 is 1.00 bits per heavy atom. The van der Waals surface area contributed by atoms with E-state index in [4.69, 9.17) is 53.3 Å². The number of hydrogen-bond acceptors (Lipinski definition) is 6. The van der Waals surface area contributed by atoms with Crippen molar-refractivity contribution in [2.75, 3.05) is 0 Å². The quantitative estimate of drug-likeness (QED) is 0.324. The number of aliphatic hydroxyl groups excluding tert-OH is 3. The van der Waals surface area contributed by atoms with Crippen LogP contribution >= 0.6 is 0 Å². The molecule has 0 amide bonds. The van der Waals surface area contributed by atoms with Gasteiger partial charge in [-0.05, 0) is 12.1 Å². The zero-order valence-electron chi connectivity index (χ0n) is 16.8. The molecule has 0 bridgehead atoms. The van der Waals surface area contributed by atoms with Crippen LogP contribution in [0.4, 0.5) is 0 Å². The second-order valence-corrected chi connectivity index (χ2v) is 8.24. The van der Waals surface area contributed by atoms with Crippen molar-refractivity contribution in [2.24, 2.45) is 0 Å². The second kappa shape index (κ2) is 9.85. The maximum Gasteiger partial charge on any atom is 0.335 e. The molecule has 7 nitrogen and oxygen atoms in total. The Hall–Kier alpha value is -1.02. The highest BCUT2D eigenvalue weighted by Gasteiger charge is 2.51. The highest BCUT2D eigenvalue weighted by atomic mass is 16.7. The number of hydrogen-bond donors (Lipinski definition) is 4. The molecule has 17 heteroatoms. The van der Waals surface area contributed by atoms with Crippen molar-refractivity contribution in [3.63, 3.8) is 0 Å². The van der Waals surface area contributed by atoms with Gasteiger partial charge in [0.1, 0.15) is 24.1 Å². The summed E-state index contributed by atoms with van der Waals surface area (Å²) in [6.07, 6.45) is -9.69. The molecule has 6 atom stereocenters. The number of aliphatic carboxylic acids is 1. The Bertz CT molecular complexity index is 770. The van der Waals surface area contributed by atoms with Crippen LogP contribution < -0.4 is 4.74 Å². The van der Waals surface area contributed by atoms with E-state index in [-0.39, 0.29) is 24.6 Å². The lowest BCUT2D eigenvalue weighted by Crippen LogP contribution is -2.63. The van der Waals surface area contributed by atoms with Crippen LogP contribution in [0.1, 0.15) is 11.4 Å². The molecule has 0 aliphatic carbocycles. The summed E-state index contributed by atoms with van der Waals surface area (Å²) >= 11 is 0. The molecule has 0 aromatic heterocycles. The van der Waals surface area contributed by atoms with E-state index in [0.717, 1.165) is 11.9 Å². The molecule has 1 aromatic carbocycles. The molecule has 3 rings (SSSR count). The summed E-state index contributed by atoms with van der Waals surface area (Å²) in [7, 11) is 29.3. The molecule has 6 unspecified atom stereocenters. The molecular weight excluding hydrogens is 388 g/mol. The van der Waals surface area contributed by atoms with E-state index in [1.54, 1.807) is 12.1 Å². The third-order valence-electron chi connectivity index (χ3n) is 6.04. The van der Waals surface area contributed by atoms with Gasteiger partial charge in [-0.1, -0.05) is 29.8 Å². The Labute approximate surface area is 190 Å². The van der Waals surface area contributed by atoms with Crippen molar-refractivity contribution in [3.8, 4) is 5.75 Å². The van der Waals surface area contributed by atoms with E-state index in [0.29, 0.717) is 0 Å². The van der Waals surface area contributed by atoms with Gasteiger partial charge >= 0.3 is 5.97 Å². The van der Waals surface area contributed by atoms with Crippen molar-refractivity contribution in [2.45, 2.75) is 42.8 Å². The largest absolute Gasteiger partial charge is 0.479 e. The molecule has 2 aliphatic heterocycles. The SMILES string of the molecule is [B]B([B])B([B])B(B([B])[B])B1CC1c1ccc(OC2OC(C(=O)O)C(O)C(O)C2O)cc1. The van der Waals surface area contributed by atoms with Crippen molar-refractivity contribution in [1.29, 1.82) is 0 Å². The highest BCUT2D eigenvalue weighted by Crippen LogP contribution is 2.42. The fourth-order valence-corrected chi connectivity index (χ4v) is 4.18. The standard InChI is InChI=1S/C14H16B10O7/c15-21(16)23(19)24(22(17)18)20-5-8(20)6-1-3-7(4-2-6)30-14-11(27)9(25)10(26)12(31-14)13(28)29/h1-4,8-12,14,25-27H,5H2,(H,28,29). The van der Waals surface area contributed by atoms with Gasteiger partial charge in [0.25, 0.3) is 0 Å². The molecule has 1 aromatic rings. The number of rotatable bonds is 8. The van der Waals surface area contributed by atoms with Gasteiger partial charge in [0.05, 0.1) is 6.60 Å². The van der Waals surface area contributed by atoms with E-state index in [2.05, 4.69) is 0 Å². The van der Waals surface area contributed by atoms with E-state index in [1.807, 2.05) is 12.1 Å². The van der Waals surface area contributed by atoms with E-state index in [1.165, 1.54) is 0 Å². The Morgan fingerprint density at radius 3 is 2.13 bits per heavy atom. The molecule has 10 radical (unpaired) electrons. The molecule has 144 valence electrons. The Kier molecular flexibility index (Phi) is 7.83. The topological polar surface area (TPSA) is 116 Å². The number of carboxylic acid groups (broad SMARTS) is 1. The lowest BCUT2D eigenvalue weighted by molar-refractivity contribution is -0.271. The summed E-state index contributed by atoms with van der Waals surface area (Å²) in [6, 6.07) is 6.87. The first kappa shape index (κ1) is 24.6. The summed E-state index contributed by atoms with van der Waals surface area (Å²) in [6.45, 7) is 0.132. The van der Waals surface area contributed by atoms with Crippen molar-refractivity contribution in [1.82, 2.24) is 0 Å². The second-order valence-electron chi connectivity index (χ2n) is 8.24. The molecule has 2 aliphatic rings. The van der Waals surface area contributed by atoms with Crippen molar-refractivity contribution >= 4 is 76.8 Å². The van der Waals surface area contributed by atoms with Gasteiger partial charge in [-0.25, -0.2) is 4.79 Å². The number of aliphatic hydroxyl groups is 3. The van der Waals surface area contributed by atoms with Crippen LogP contribution in [-0.4, -0.2) is 128 Å². The number of benzene rings is 1. The van der Waals surface area contributed by atoms with E-state index in [9.17, 15) is 20.1 Å². The molecule has 2 heterocycles. The predicted molar refractivity (Wildman–Crippen MR) is 126 cm³/mol. The van der Waals surface area contributed by atoms with Crippen LogP contribution in [0, 0.1) is 0 Å². The average Bonchev–Trinajstić information content (AvgIpc) is 3.48. The molecule has 31 heavy (non-hydrogen) atoms. The molecule has 4 N–H and O–H groups in total. The van der Waals surface area contributed by atoms with Gasteiger partial charge in [-0.3, -0.25) is 0 Å². The van der Waals surface area contributed by atoms with E-state index >= 15 is 0 Å². The fourth-order valence-electron chi connectivity index (χ4n) is 4.18. The molecular formula is C14H16B10O7. The first-order valence-corrected chi connectivity index (χ1v) is 10.00. The van der Waals surface area contributed by atoms with Crippen LogP contribution in [0.25, 0.3) is 0 Å². The van der Waals surface area contributed by atoms with Crippen LogP contribution in [0.15, 0.2) is 24.3 Å². The third kappa shape index (κ3) is 5.32. The summed E-state index contributed by atoms with van der Waals surface area (Å²) in [4.78, 5) is 11.2. The monoisotopic (exact) mass is 406 g/mol. The fraction of sp³-hybridized carbons (Fsp3) is 0.500. The normalized spacial score (nSPS) is 29.7. The van der Waals surface area contributed by atoms with Crippen LogP contribution in [0.5, 0.6) is 5.75 Å². The maximum atomic E-state index is 11.2. The van der Waals surface area contributed by atoms with Gasteiger partial charge in [-0.15, -0.1) is 0 Å². The first-order chi connectivity index (χ1) is 14.5. The number of carboxylic acids is 1. The molecule has 2 saturated heterocycles. The van der Waals surface area contributed by atoms with Gasteiger partial charge < -0.3 is 29.9 Å². The van der Waals surface area contributed by atoms with Crippen LogP contribution in [0.2, 0.25) is 6.32 Å². The Morgan fingerprint density at radius 2 is 1.61 bits per heavy atom. The van der Waals surface area contributed by atoms with Crippen molar-refractivity contribution in [3.05, 3.63) is 29.8 Å². The average molecular weight is 404 g/mol. The summed E-state index contributed by atoms with van der Waals surface area (Å²) < 4.78 is 10.6. The Balaban J connectivity index is 1.65. The van der Waals surface area contributed by atoms with Gasteiger partial charge in [0, 0.05) is 64.2 Å². The minimum Gasteiger partial charge on any atom is -0.479 e. The zero-order valence-corrected chi connectivity index (χ0v) is 16.8. The summed E-state index contributed by atoms with van der Waals surface area (Å²) in [5.74, 6) is -1.03. The lowest BCUT2D eigenvalue weighted by atomic mass is 8.57. The minimum atomic E-state index is -1.78. The van der Waals surface area contributed by atoms with Gasteiger partial charge in [0.15, 0.2) is 6.10 Å². The summed E-state index contributed by atoms with van der Waals surface area (Å²) in [5.41, 5.74) is 0.991. The van der Waals surface area contributed by atoms with Gasteiger partial charge in [0.2, 0.25) is 6.29 Å². The molecule has 0 spiro atoms. The smallest absolute Gasteiger partial charge is 0.335 e. The van der Waals surface area contributed by atoms with Crippen LogP contribution in [0.3, 0.4) is 0 Å². The molecule has 0 saturated carbocycles. The van der Waals surface area contributed by atoms with Crippen molar-refractivity contribution < 1.29 is 34.7 Å². The number of ether oxygens (including phenoxy) is 2. The first-order valence-electron chi connectivity index (χ1n) is 10.00. The predicted octanol–water partition coefficient (Wildman–Crippen LogP) is -4.29. The maximum absolute atomic E-state index is 11.2. The highest BCUT2D eigenvalue weighted by molar-refractivity contribution is 8.00. The number of carbonyl (C=O) groups is 1. The molecule has 2 fully saturated rings. The van der Waals surface area contributed by atoms with E-state index < -0.39 is 55.8 Å². The zero-order chi connectivity index (χ0) is 23.0. The van der Waals surface area contributed by atoms with Gasteiger partial charge in [-0.2, -0.15) is 0 Å². The summed E-state index contributed by atoms with van der Waals surface area (Å²) in [5, 5.41) is 38.8. The van der Waals surface area contributed by atoms with Crippen LogP contribution in [-0.2, 0) is 9.53 Å². The third-order valence-corrected chi connectivity index (χ3v) is 6.04. The minimum absolute atomic E-state index is 0.132.